The Labute approximate surface area is 159 Å². The highest BCUT2D eigenvalue weighted by molar-refractivity contribution is 7.99. The minimum Gasteiger partial charge on any atom is -0.325 e. The minimum absolute atomic E-state index is 0.0815. The maximum atomic E-state index is 12.0. The molecule has 7 heteroatoms. The van der Waals surface area contributed by atoms with Crippen LogP contribution in [0.4, 0.5) is 11.4 Å². The zero-order chi connectivity index (χ0) is 19.0. The molecule has 0 fully saturated rings. The SMILES string of the molecule is CCCS(=O)(=O)Nc1ccc(NC(=O)CSCc2cccc(C)c2)cc1. The summed E-state index contributed by atoms with van der Waals surface area (Å²) in [4.78, 5) is 12.0. The van der Waals surface area contributed by atoms with E-state index in [0.717, 1.165) is 5.75 Å². The number of rotatable bonds is 9. The van der Waals surface area contributed by atoms with Crippen LogP contribution in [0.25, 0.3) is 0 Å². The Morgan fingerprint density at radius 2 is 1.77 bits per heavy atom. The number of hydrogen-bond acceptors (Lipinski definition) is 4. The Morgan fingerprint density at radius 3 is 2.42 bits per heavy atom. The van der Waals surface area contributed by atoms with Crippen LogP contribution in [0.5, 0.6) is 0 Å². The second-order valence-corrected chi connectivity index (χ2v) is 8.86. The van der Waals surface area contributed by atoms with Crippen molar-refractivity contribution < 1.29 is 13.2 Å². The van der Waals surface area contributed by atoms with Gasteiger partial charge in [-0.15, -0.1) is 11.8 Å². The number of benzene rings is 2. The van der Waals surface area contributed by atoms with Gasteiger partial charge in [-0.3, -0.25) is 9.52 Å². The van der Waals surface area contributed by atoms with E-state index in [0.29, 0.717) is 23.5 Å². The number of carbonyl (C=O) groups excluding carboxylic acids is 1. The molecular weight excluding hydrogens is 368 g/mol. The van der Waals surface area contributed by atoms with Crippen molar-refractivity contribution in [3.8, 4) is 0 Å². The van der Waals surface area contributed by atoms with Gasteiger partial charge in [0, 0.05) is 17.1 Å². The van der Waals surface area contributed by atoms with Crippen LogP contribution >= 0.6 is 11.8 Å². The molecular formula is C19H24N2O3S2. The molecule has 0 bridgehead atoms. The lowest BCUT2D eigenvalue weighted by Gasteiger charge is -2.09. The highest BCUT2D eigenvalue weighted by Crippen LogP contribution is 2.17. The minimum atomic E-state index is -3.30. The molecule has 0 saturated heterocycles. The molecule has 5 nitrogen and oxygen atoms in total. The van der Waals surface area contributed by atoms with Crippen LogP contribution in [0.2, 0.25) is 0 Å². The van der Waals surface area contributed by atoms with E-state index >= 15 is 0 Å². The van der Waals surface area contributed by atoms with Gasteiger partial charge in [-0.25, -0.2) is 8.42 Å². The van der Waals surface area contributed by atoms with Crippen LogP contribution in [0, 0.1) is 6.92 Å². The number of amides is 1. The van der Waals surface area contributed by atoms with Crippen molar-refractivity contribution >= 4 is 39.1 Å². The summed E-state index contributed by atoms with van der Waals surface area (Å²) in [6, 6.07) is 14.9. The first kappa shape index (κ1) is 20.3. The van der Waals surface area contributed by atoms with Gasteiger partial charge in [0.1, 0.15) is 0 Å². The second-order valence-electron chi connectivity index (χ2n) is 6.03. The molecule has 0 aliphatic heterocycles. The molecule has 140 valence electrons. The predicted octanol–water partition coefficient (Wildman–Crippen LogP) is 4.02. The third kappa shape index (κ3) is 7.09. The van der Waals surface area contributed by atoms with E-state index in [4.69, 9.17) is 0 Å². The fraction of sp³-hybridized carbons (Fsp3) is 0.316. The van der Waals surface area contributed by atoms with Gasteiger partial charge < -0.3 is 5.32 Å². The Hall–Kier alpha value is -1.99. The third-order valence-electron chi connectivity index (χ3n) is 3.50. The fourth-order valence-corrected chi connectivity index (χ4v) is 4.29. The summed E-state index contributed by atoms with van der Waals surface area (Å²) in [5.41, 5.74) is 3.54. The van der Waals surface area contributed by atoms with Crippen molar-refractivity contribution in [3.63, 3.8) is 0 Å². The van der Waals surface area contributed by atoms with E-state index in [1.807, 2.05) is 26.0 Å². The molecule has 0 aliphatic rings. The van der Waals surface area contributed by atoms with Gasteiger partial charge in [0.15, 0.2) is 0 Å². The number of carbonyl (C=O) groups is 1. The smallest absolute Gasteiger partial charge is 0.234 e. The van der Waals surface area contributed by atoms with Crippen molar-refractivity contribution in [2.24, 2.45) is 0 Å². The van der Waals surface area contributed by atoms with Crippen molar-refractivity contribution in [1.29, 1.82) is 0 Å². The summed E-state index contributed by atoms with van der Waals surface area (Å²) in [6.45, 7) is 3.86. The maximum absolute atomic E-state index is 12.0. The van der Waals surface area contributed by atoms with E-state index in [-0.39, 0.29) is 11.7 Å². The van der Waals surface area contributed by atoms with Crippen molar-refractivity contribution in [2.75, 3.05) is 21.5 Å². The first-order chi connectivity index (χ1) is 12.4. The van der Waals surface area contributed by atoms with Gasteiger partial charge in [-0.2, -0.15) is 0 Å². The van der Waals surface area contributed by atoms with Gasteiger partial charge in [0.05, 0.1) is 11.5 Å². The first-order valence-corrected chi connectivity index (χ1v) is 11.2. The van der Waals surface area contributed by atoms with Gasteiger partial charge >= 0.3 is 0 Å². The zero-order valence-electron chi connectivity index (χ0n) is 15.0. The number of anilines is 2. The number of aryl methyl sites for hydroxylation is 1. The van der Waals surface area contributed by atoms with Crippen LogP contribution in [0.15, 0.2) is 48.5 Å². The summed E-state index contributed by atoms with van der Waals surface area (Å²) in [7, 11) is -3.30. The standard InChI is InChI=1S/C19H24N2O3S2/c1-3-11-26(23,24)21-18-9-7-17(8-10-18)20-19(22)14-25-13-16-6-4-5-15(2)12-16/h4-10,12,21H,3,11,13-14H2,1-2H3,(H,20,22). The van der Waals surface area contributed by atoms with E-state index in [2.05, 4.69) is 22.2 Å². The van der Waals surface area contributed by atoms with Crippen molar-refractivity contribution in [2.45, 2.75) is 26.0 Å². The molecule has 0 heterocycles. The van der Waals surface area contributed by atoms with E-state index in [9.17, 15) is 13.2 Å². The quantitative estimate of drug-likeness (QED) is 0.676. The van der Waals surface area contributed by atoms with Crippen LogP contribution < -0.4 is 10.0 Å². The van der Waals surface area contributed by atoms with Gasteiger partial charge in [0.25, 0.3) is 0 Å². The summed E-state index contributed by atoms with van der Waals surface area (Å²) in [5.74, 6) is 1.15. The van der Waals surface area contributed by atoms with Gasteiger partial charge in [-0.1, -0.05) is 36.8 Å². The monoisotopic (exact) mass is 392 g/mol. The molecule has 0 spiro atoms. The molecule has 2 N–H and O–H groups in total. The summed E-state index contributed by atoms with van der Waals surface area (Å²) in [5, 5.41) is 2.82. The average molecular weight is 393 g/mol. The molecule has 0 radical (unpaired) electrons. The van der Waals surface area contributed by atoms with E-state index in [1.165, 1.54) is 11.1 Å². The number of thioether (sulfide) groups is 1. The summed E-state index contributed by atoms with van der Waals surface area (Å²) >= 11 is 1.56. The Bertz CT molecular complexity index is 834. The molecule has 2 aromatic carbocycles. The topological polar surface area (TPSA) is 75.3 Å². The molecule has 1 amide bonds. The Kier molecular flexibility index (Phi) is 7.53. The van der Waals surface area contributed by atoms with E-state index in [1.54, 1.807) is 36.0 Å². The number of nitrogens with one attached hydrogen (secondary N) is 2. The molecule has 0 saturated carbocycles. The lowest BCUT2D eigenvalue weighted by atomic mass is 10.2. The molecule has 0 atom stereocenters. The molecule has 0 aliphatic carbocycles. The molecule has 2 rings (SSSR count). The largest absolute Gasteiger partial charge is 0.325 e. The average Bonchev–Trinajstić information content (AvgIpc) is 2.56. The normalized spacial score (nSPS) is 11.2. The molecule has 2 aromatic rings. The Morgan fingerprint density at radius 1 is 1.08 bits per heavy atom. The molecule has 26 heavy (non-hydrogen) atoms. The number of hydrogen-bond donors (Lipinski definition) is 2. The maximum Gasteiger partial charge on any atom is 0.234 e. The van der Waals surface area contributed by atoms with Crippen LogP contribution in [-0.4, -0.2) is 25.8 Å². The van der Waals surface area contributed by atoms with Crippen molar-refractivity contribution in [1.82, 2.24) is 0 Å². The lowest BCUT2D eigenvalue weighted by molar-refractivity contribution is -0.113. The predicted molar refractivity (Wildman–Crippen MR) is 110 cm³/mol. The summed E-state index contributed by atoms with van der Waals surface area (Å²) < 4.78 is 26.0. The van der Waals surface area contributed by atoms with Gasteiger partial charge in [-0.05, 0) is 43.2 Å². The molecule has 0 aromatic heterocycles. The number of sulfonamides is 1. The van der Waals surface area contributed by atoms with Crippen LogP contribution in [-0.2, 0) is 20.6 Å². The van der Waals surface area contributed by atoms with Crippen molar-refractivity contribution in [3.05, 3.63) is 59.7 Å². The summed E-state index contributed by atoms with van der Waals surface area (Å²) in [6.07, 6.45) is 0.559. The van der Waals surface area contributed by atoms with E-state index < -0.39 is 10.0 Å². The molecule has 0 unspecified atom stereocenters. The van der Waals surface area contributed by atoms with Gasteiger partial charge in [0.2, 0.25) is 15.9 Å². The van der Waals surface area contributed by atoms with Crippen LogP contribution in [0.3, 0.4) is 0 Å². The lowest BCUT2D eigenvalue weighted by Crippen LogP contribution is -2.16. The zero-order valence-corrected chi connectivity index (χ0v) is 16.6. The van der Waals surface area contributed by atoms with Crippen LogP contribution in [0.1, 0.15) is 24.5 Å². The highest BCUT2D eigenvalue weighted by atomic mass is 32.2. The second kappa shape index (κ2) is 9.64. The third-order valence-corrected chi connectivity index (χ3v) is 6.00. The first-order valence-electron chi connectivity index (χ1n) is 8.41. The fourth-order valence-electron chi connectivity index (χ4n) is 2.38. The Balaban J connectivity index is 1.80. The highest BCUT2D eigenvalue weighted by Gasteiger charge is 2.09.